The lowest BCUT2D eigenvalue weighted by molar-refractivity contribution is -0.561. The number of carboxylic acid groups (broad SMARTS) is 1. The Balaban J connectivity index is 3.92. The summed E-state index contributed by atoms with van der Waals surface area (Å²) in [7, 11) is 0. The molecular formula is C6H10NO4-. The van der Waals surface area contributed by atoms with Crippen LogP contribution in [0.3, 0.4) is 0 Å². The first-order chi connectivity index (χ1) is 4.86. The lowest BCUT2D eigenvalue weighted by Crippen LogP contribution is -2.33. The Bertz CT molecular complexity index is 175. The van der Waals surface area contributed by atoms with Gasteiger partial charge in [0.1, 0.15) is 0 Å². The quantitative estimate of drug-likeness (QED) is 0.412. The molecule has 5 nitrogen and oxygen atoms in total. The molecule has 0 saturated heterocycles. The van der Waals surface area contributed by atoms with E-state index >= 15 is 0 Å². The highest BCUT2D eigenvalue weighted by atomic mass is 16.6. The number of hydrogen-bond donors (Lipinski definition) is 0. The molecule has 0 N–H and O–H groups in total. The fraction of sp³-hybridized carbons (Fsp3) is 0.833. The lowest BCUT2D eigenvalue weighted by Gasteiger charge is -2.14. The molecule has 0 spiro atoms. The van der Waals surface area contributed by atoms with Crippen molar-refractivity contribution in [3.63, 3.8) is 0 Å². The van der Waals surface area contributed by atoms with E-state index in [0.717, 1.165) is 0 Å². The summed E-state index contributed by atoms with van der Waals surface area (Å²) in [6.45, 7) is 2.77. The van der Waals surface area contributed by atoms with Crippen molar-refractivity contribution in [3.05, 3.63) is 10.1 Å². The van der Waals surface area contributed by atoms with E-state index in [0.29, 0.717) is 0 Å². The van der Waals surface area contributed by atoms with E-state index in [1.807, 2.05) is 0 Å². The zero-order chi connectivity index (χ0) is 9.07. The number of aliphatic carboxylic acids is 1. The third-order valence-electron chi connectivity index (χ3n) is 1.44. The largest absolute Gasteiger partial charge is 0.550 e. The van der Waals surface area contributed by atoms with Gasteiger partial charge in [-0.1, -0.05) is 0 Å². The summed E-state index contributed by atoms with van der Waals surface area (Å²) in [6, 6.07) is 0. The highest BCUT2D eigenvalue weighted by Crippen LogP contribution is 2.14. The molecule has 5 heteroatoms. The minimum atomic E-state index is -1.25. The molecule has 11 heavy (non-hydrogen) atoms. The standard InChI is InChI=1S/C6H11NO4/c1-6(2,7(10)11)4-3-5(8)9/h3-4H2,1-2H3,(H,8,9)/p-1. The van der Waals surface area contributed by atoms with Gasteiger partial charge in [-0.2, -0.15) is 0 Å². The Morgan fingerprint density at radius 2 is 2.00 bits per heavy atom. The van der Waals surface area contributed by atoms with E-state index in [1.54, 1.807) is 0 Å². The van der Waals surface area contributed by atoms with Gasteiger partial charge in [-0.15, -0.1) is 0 Å². The molecule has 0 aliphatic rings. The minimum absolute atomic E-state index is 0.00231. The summed E-state index contributed by atoms with van der Waals surface area (Å²) in [5.41, 5.74) is -1.17. The summed E-state index contributed by atoms with van der Waals surface area (Å²) >= 11 is 0. The number of rotatable bonds is 4. The van der Waals surface area contributed by atoms with E-state index < -0.39 is 16.4 Å². The lowest BCUT2D eigenvalue weighted by atomic mass is 10.00. The molecule has 0 amide bonds. The molecule has 64 valence electrons. The van der Waals surface area contributed by atoms with Crippen LogP contribution in [0.5, 0.6) is 0 Å². The van der Waals surface area contributed by atoms with Gasteiger partial charge in [-0.3, -0.25) is 10.1 Å². The highest BCUT2D eigenvalue weighted by molar-refractivity contribution is 5.64. The zero-order valence-electron chi connectivity index (χ0n) is 6.49. The second-order valence-electron chi connectivity index (χ2n) is 2.94. The van der Waals surface area contributed by atoms with Gasteiger partial charge in [0.15, 0.2) is 0 Å². The molecule has 0 heterocycles. The van der Waals surface area contributed by atoms with E-state index in [2.05, 4.69) is 0 Å². The molecule has 0 aromatic rings. The maximum Gasteiger partial charge on any atom is 0.217 e. The van der Waals surface area contributed by atoms with Crippen molar-refractivity contribution in [2.75, 3.05) is 0 Å². The van der Waals surface area contributed by atoms with Crippen LogP contribution >= 0.6 is 0 Å². The van der Waals surface area contributed by atoms with Crippen molar-refractivity contribution < 1.29 is 14.8 Å². The van der Waals surface area contributed by atoms with E-state index in [-0.39, 0.29) is 12.8 Å². The van der Waals surface area contributed by atoms with E-state index in [1.165, 1.54) is 13.8 Å². The normalized spacial score (nSPS) is 11.1. The van der Waals surface area contributed by atoms with Crippen LogP contribution in [0.1, 0.15) is 26.7 Å². The highest BCUT2D eigenvalue weighted by Gasteiger charge is 2.29. The maximum atomic E-state index is 10.2. The average molecular weight is 160 g/mol. The molecule has 0 saturated carbocycles. The molecular weight excluding hydrogens is 150 g/mol. The Morgan fingerprint density at radius 1 is 1.55 bits per heavy atom. The first-order valence-electron chi connectivity index (χ1n) is 3.20. The summed E-state index contributed by atoms with van der Waals surface area (Å²) in [5, 5.41) is 20.2. The van der Waals surface area contributed by atoms with Crippen LogP contribution < -0.4 is 5.11 Å². The van der Waals surface area contributed by atoms with E-state index in [4.69, 9.17) is 0 Å². The molecule has 0 radical (unpaired) electrons. The van der Waals surface area contributed by atoms with Gasteiger partial charge in [0, 0.05) is 31.2 Å². The van der Waals surface area contributed by atoms with Gasteiger partial charge in [-0.05, 0) is 6.42 Å². The number of hydrogen-bond acceptors (Lipinski definition) is 4. The number of nitrogens with zero attached hydrogens (tertiary/aromatic N) is 1. The Morgan fingerprint density at radius 3 is 2.27 bits per heavy atom. The fourth-order valence-electron chi connectivity index (χ4n) is 0.499. The first kappa shape index (κ1) is 9.87. The zero-order valence-corrected chi connectivity index (χ0v) is 6.49. The van der Waals surface area contributed by atoms with Gasteiger partial charge in [0.2, 0.25) is 5.54 Å². The minimum Gasteiger partial charge on any atom is -0.550 e. The predicted octanol–water partition coefficient (Wildman–Crippen LogP) is -0.428. The third-order valence-corrected chi connectivity index (χ3v) is 1.44. The Hall–Kier alpha value is -1.13. The van der Waals surface area contributed by atoms with Gasteiger partial charge < -0.3 is 9.90 Å². The molecule has 0 aliphatic heterocycles. The molecule has 0 fully saturated rings. The molecule has 0 aromatic carbocycles. The van der Waals surface area contributed by atoms with Gasteiger partial charge >= 0.3 is 0 Å². The third kappa shape index (κ3) is 3.54. The van der Waals surface area contributed by atoms with Crippen molar-refractivity contribution >= 4 is 5.97 Å². The molecule has 0 rings (SSSR count). The van der Waals surface area contributed by atoms with Gasteiger partial charge in [-0.25, -0.2) is 0 Å². The van der Waals surface area contributed by atoms with Crippen LogP contribution in [-0.4, -0.2) is 16.4 Å². The van der Waals surface area contributed by atoms with Crippen LogP contribution in [0.15, 0.2) is 0 Å². The van der Waals surface area contributed by atoms with Crippen LogP contribution in [0.25, 0.3) is 0 Å². The summed E-state index contributed by atoms with van der Waals surface area (Å²) in [5.74, 6) is -1.25. The molecule has 0 aliphatic carbocycles. The number of nitro groups is 1. The summed E-state index contributed by atoms with van der Waals surface area (Å²) in [4.78, 5) is 19.7. The number of carbonyl (C=O) groups excluding carboxylic acids is 1. The first-order valence-corrected chi connectivity index (χ1v) is 3.20. The van der Waals surface area contributed by atoms with Crippen molar-refractivity contribution in [1.82, 2.24) is 0 Å². The topological polar surface area (TPSA) is 83.3 Å². The SMILES string of the molecule is CC(C)(CCC(=O)[O-])[N+](=O)[O-]. The molecule has 0 unspecified atom stereocenters. The van der Waals surface area contributed by atoms with Crippen molar-refractivity contribution in [2.45, 2.75) is 32.2 Å². The van der Waals surface area contributed by atoms with Crippen molar-refractivity contribution in [3.8, 4) is 0 Å². The monoisotopic (exact) mass is 160 g/mol. The molecule has 0 aromatic heterocycles. The molecule has 0 bridgehead atoms. The second kappa shape index (κ2) is 3.32. The average Bonchev–Trinajstić information content (AvgIpc) is 1.84. The van der Waals surface area contributed by atoms with Crippen molar-refractivity contribution in [2.24, 2.45) is 0 Å². The smallest absolute Gasteiger partial charge is 0.217 e. The summed E-state index contributed by atoms with van der Waals surface area (Å²) < 4.78 is 0. The fourth-order valence-corrected chi connectivity index (χ4v) is 0.499. The van der Waals surface area contributed by atoms with Crippen LogP contribution in [0.4, 0.5) is 0 Å². The Labute approximate surface area is 64.2 Å². The van der Waals surface area contributed by atoms with Gasteiger partial charge in [0.05, 0.1) is 0 Å². The number of carboxylic acids is 1. The van der Waals surface area contributed by atoms with Gasteiger partial charge in [0.25, 0.3) is 0 Å². The number of carbonyl (C=O) groups is 1. The van der Waals surface area contributed by atoms with Crippen LogP contribution in [0.2, 0.25) is 0 Å². The van der Waals surface area contributed by atoms with Crippen LogP contribution in [-0.2, 0) is 4.79 Å². The van der Waals surface area contributed by atoms with E-state index in [9.17, 15) is 20.0 Å². The maximum absolute atomic E-state index is 10.2. The summed E-state index contributed by atoms with van der Waals surface area (Å²) in [6.07, 6.45) is -0.268. The van der Waals surface area contributed by atoms with Crippen molar-refractivity contribution in [1.29, 1.82) is 0 Å². The predicted molar refractivity (Wildman–Crippen MR) is 35.3 cm³/mol. The molecule has 0 atom stereocenters. The Kier molecular flexibility index (Phi) is 2.98. The van der Waals surface area contributed by atoms with Crippen LogP contribution in [0, 0.1) is 10.1 Å². The second-order valence-corrected chi connectivity index (χ2v) is 2.94.